The number of benzene rings is 1. The highest BCUT2D eigenvalue weighted by Crippen LogP contribution is 2.35. The topological polar surface area (TPSA) is 37.3 Å². The lowest BCUT2D eigenvalue weighted by Gasteiger charge is -2.18. The number of carbonyl (C=O) groups is 1. The molecule has 1 N–H and O–H groups in total. The average Bonchev–Trinajstić information content (AvgIpc) is 2.31. The highest BCUT2D eigenvalue weighted by Gasteiger charge is 2.31. The summed E-state index contributed by atoms with van der Waals surface area (Å²) in [4.78, 5) is 10.3. The number of halogens is 3. The molecule has 0 fully saturated rings. The Bertz CT molecular complexity index is 447. The summed E-state index contributed by atoms with van der Waals surface area (Å²) in [6.07, 6.45) is -0.207. The van der Waals surface area contributed by atoms with Crippen LogP contribution in [0.15, 0.2) is 12.1 Å². The molecule has 0 aliphatic heterocycles. The van der Waals surface area contributed by atoms with Crippen molar-refractivity contribution < 1.29 is 23.1 Å². The quantitative estimate of drug-likeness (QED) is 0.790. The Kier molecular flexibility index (Phi) is 4.97. The average molecular weight is 274 g/mol. The molecule has 0 radical (unpaired) electrons. The van der Waals surface area contributed by atoms with Crippen LogP contribution in [0.4, 0.5) is 13.2 Å². The van der Waals surface area contributed by atoms with E-state index in [-0.39, 0.29) is 36.0 Å². The zero-order valence-electron chi connectivity index (χ0n) is 11.0. The summed E-state index contributed by atoms with van der Waals surface area (Å²) < 4.78 is 41.2. The van der Waals surface area contributed by atoms with E-state index in [1.165, 1.54) is 13.8 Å². The molecule has 5 heteroatoms. The van der Waals surface area contributed by atoms with Gasteiger partial charge in [-0.1, -0.05) is 0 Å². The van der Waals surface area contributed by atoms with Crippen LogP contribution in [-0.4, -0.2) is 11.1 Å². The van der Waals surface area contributed by atoms with Crippen molar-refractivity contribution in [2.45, 2.75) is 45.5 Å². The van der Waals surface area contributed by atoms with Gasteiger partial charge in [0.05, 0.1) is 0 Å². The van der Waals surface area contributed by atoms with E-state index in [0.717, 1.165) is 12.1 Å². The van der Waals surface area contributed by atoms with E-state index in [1.807, 2.05) is 0 Å². The molecule has 19 heavy (non-hydrogen) atoms. The number of aliphatic carboxylic acids is 1. The van der Waals surface area contributed by atoms with Crippen molar-refractivity contribution >= 4 is 5.97 Å². The van der Waals surface area contributed by atoms with Gasteiger partial charge < -0.3 is 5.11 Å². The molecule has 0 amide bonds. The van der Waals surface area contributed by atoms with Crippen LogP contribution in [-0.2, 0) is 10.7 Å². The molecule has 2 nitrogen and oxygen atoms in total. The third-order valence-electron chi connectivity index (χ3n) is 2.99. The number of alkyl halides is 2. The Morgan fingerprint density at radius 2 is 1.74 bits per heavy atom. The Morgan fingerprint density at radius 1 is 1.21 bits per heavy atom. The third-order valence-corrected chi connectivity index (χ3v) is 2.99. The van der Waals surface area contributed by atoms with Crippen LogP contribution in [0.3, 0.4) is 0 Å². The molecule has 106 valence electrons. The summed E-state index contributed by atoms with van der Waals surface area (Å²) in [5.74, 6) is -4.51. The first kappa shape index (κ1) is 15.5. The number of hydrogen-bond donors (Lipinski definition) is 1. The fourth-order valence-corrected chi connectivity index (χ4v) is 1.92. The summed E-state index contributed by atoms with van der Waals surface area (Å²) >= 11 is 0. The molecule has 0 saturated carbocycles. The summed E-state index contributed by atoms with van der Waals surface area (Å²) in [7, 11) is 0. The number of rotatable bonds is 6. The van der Waals surface area contributed by atoms with Crippen molar-refractivity contribution in [1.29, 1.82) is 0 Å². The first-order chi connectivity index (χ1) is 8.74. The maximum absolute atomic E-state index is 13.9. The van der Waals surface area contributed by atoms with E-state index >= 15 is 0 Å². The zero-order valence-corrected chi connectivity index (χ0v) is 11.0. The fourth-order valence-electron chi connectivity index (χ4n) is 1.92. The number of carboxylic acids is 1. The van der Waals surface area contributed by atoms with Gasteiger partial charge in [0, 0.05) is 18.4 Å². The Hall–Kier alpha value is -1.52. The molecule has 0 aromatic heterocycles. The molecule has 0 aliphatic carbocycles. The van der Waals surface area contributed by atoms with Gasteiger partial charge in [-0.2, -0.15) is 0 Å². The summed E-state index contributed by atoms with van der Waals surface area (Å²) in [5.41, 5.74) is 0.180. The van der Waals surface area contributed by atoms with E-state index in [1.54, 1.807) is 0 Å². The van der Waals surface area contributed by atoms with Gasteiger partial charge in [0.2, 0.25) is 0 Å². The lowest BCUT2D eigenvalue weighted by atomic mass is 9.98. The van der Waals surface area contributed by atoms with Gasteiger partial charge in [0.25, 0.3) is 5.92 Å². The standard InChI is InChI=1S/C14H17F3O2/c1-9-7-11(8-10(2)13(9)15)14(16,17)6-4-3-5-12(18)19/h7-8H,3-6H2,1-2H3,(H,18,19). The molecule has 0 atom stereocenters. The minimum Gasteiger partial charge on any atom is -0.481 e. The molecule has 0 saturated heterocycles. The minimum absolute atomic E-state index is 0.114. The largest absolute Gasteiger partial charge is 0.481 e. The predicted molar refractivity (Wildman–Crippen MR) is 65.9 cm³/mol. The second-order valence-electron chi connectivity index (χ2n) is 4.73. The van der Waals surface area contributed by atoms with Crippen LogP contribution in [0.1, 0.15) is 42.4 Å². The van der Waals surface area contributed by atoms with E-state index in [4.69, 9.17) is 5.11 Å². The van der Waals surface area contributed by atoms with Gasteiger partial charge >= 0.3 is 5.97 Å². The van der Waals surface area contributed by atoms with Gasteiger partial charge in [0.15, 0.2) is 0 Å². The number of unbranched alkanes of at least 4 members (excludes halogenated alkanes) is 1. The molecule has 1 aromatic carbocycles. The van der Waals surface area contributed by atoms with Crippen LogP contribution in [0.5, 0.6) is 0 Å². The highest BCUT2D eigenvalue weighted by atomic mass is 19.3. The molecular weight excluding hydrogens is 257 g/mol. The molecule has 0 heterocycles. The molecule has 0 bridgehead atoms. The predicted octanol–water partition coefficient (Wildman–Crippen LogP) is 4.18. The molecule has 1 rings (SSSR count). The Balaban J connectivity index is 2.74. The Morgan fingerprint density at radius 3 is 2.21 bits per heavy atom. The van der Waals surface area contributed by atoms with Gasteiger partial charge in [0.1, 0.15) is 5.82 Å². The van der Waals surface area contributed by atoms with E-state index in [9.17, 15) is 18.0 Å². The first-order valence-corrected chi connectivity index (χ1v) is 6.11. The smallest absolute Gasteiger partial charge is 0.303 e. The lowest BCUT2D eigenvalue weighted by Crippen LogP contribution is -2.14. The van der Waals surface area contributed by atoms with Gasteiger partial charge in [-0.25, -0.2) is 13.2 Å². The third kappa shape index (κ3) is 4.26. The molecule has 0 aliphatic rings. The summed E-state index contributed by atoms with van der Waals surface area (Å²) in [5, 5.41) is 8.43. The number of carboxylic acid groups (broad SMARTS) is 1. The van der Waals surface area contributed by atoms with Gasteiger partial charge in [-0.05, 0) is 49.9 Å². The van der Waals surface area contributed by atoms with Gasteiger partial charge in [-0.15, -0.1) is 0 Å². The second kappa shape index (κ2) is 6.08. The maximum atomic E-state index is 13.9. The second-order valence-corrected chi connectivity index (χ2v) is 4.73. The van der Waals surface area contributed by atoms with E-state index < -0.39 is 24.1 Å². The Labute approximate surface area is 110 Å². The van der Waals surface area contributed by atoms with E-state index in [0.29, 0.717) is 0 Å². The van der Waals surface area contributed by atoms with Crippen LogP contribution in [0.2, 0.25) is 0 Å². The van der Waals surface area contributed by atoms with Crippen LogP contribution >= 0.6 is 0 Å². The molecular formula is C14H17F3O2. The summed E-state index contributed by atoms with van der Waals surface area (Å²) in [6, 6.07) is 2.30. The van der Waals surface area contributed by atoms with Gasteiger partial charge in [-0.3, -0.25) is 4.79 Å². The summed E-state index contributed by atoms with van der Waals surface area (Å²) in [6.45, 7) is 2.90. The number of hydrogen-bond acceptors (Lipinski definition) is 1. The van der Waals surface area contributed by atoms with Crippen molar-refractivity contribution in [2.75, 3.05) is 0 Å². The van der Waals surface area contributed by atoms with Crippen molar-refractivity contribution in [3.8, 4) is 0 Å². The first-order valence-electron chi connectivity index (χ1n) is 6.11. The molecule has 0 spiro atoms. The minimum atomic E-state index is -3.05. The highest BCUT2D eigenvalue weighted by molar-refractivity contribution is 5.66. The van der Waals surface area contributed by atoms with Crippen LogP contribution in [0.25, 0.3) is 0 Å². The van der Waals surface area contributed by atoms with Crippen molar-refractivity contribution in [1.82, 2.24) is 0 Å². The van der Waals surface area contributed by atoms with Crippen LogP contribution in [0, 0.1) is 19.7 Å². The number of aryl methyl sites for hydroxylation is 2. The maximum Gasteiger partial charge on any atom is 0.303 e. The monoisotopic (exact) mass is 274 g/mol. The normalized spacial score (nSPS) is 11.6. The molecule has 1 aromatic rings. The van der Waals surface area contributed by atoms with E-state index in [2.05, 4.69) is 0 Å². The fraction of sp³-hybridized carbons (Fsp3) is 0.500. The van der Waals surface area contributed by atoms with Crippen LogP contribution < -0.4 is 0 Å². The zero-order chi connectivity index (χ0) is 14.6. The lowest BCUT2D eigenvalue weighted by molar-refractivity contribution is -0.137. The SMILES string of the molecule is Cc1cc(C(F)(F)CCCCC(=O)O)cc(C)c1F. The van der Waals surface area contributed by atoms with Crippen molar-refractivity contribution in [2.24, 2.45) is 0 Å². The molecule has 0 unspecified atom stereocenters. The van der Waals surface area contributed by atoms with Crippen molar-refractivity contribution in [3.63, 3.8) is 0 Å². The van der Waals surface area contributed by atoms with Crippen molar-refractivity contribution in [3.05, 3.63) is 34.6 Å².